The Labute approximate surface area is 101 Å². The zero-order valence-electron chi connectivity index (χ0n) is 9.91. The minimum atomic E-state index is -0.847. The van der Waals surface area contributed by atoms with E-state index in [9.17, 15) is 9.59 Å². The number of carboxylic acid groups (broad SMARTS) is 1. The van der Waals surface area contributed by atoms with Crippen LogP contribution in [0.2, 0.25) is 0 Å². The second-order valence-electron chi connectivity index (χ2n) is 4.20. The Kier molecular flexibility index (Phi) is 6.39. The van der Waals surface area contributed by atoms with Crippen LogP contribution in [0.1, 0.15) is 25.7 Å². The number of rotatable bonds is 9. The maximum absolute atomic E-state index is 11.2. The summed E-state index contributed by atoms with van der Waals surface area (Å²) in [6.45, 7) is 2.18. The van der Waals surface area contributed by atoms with Gasteiger partial charge in [0.15, 0.2) is 0 Å². The van der Waals surface area contributed by atoms with Crippen LogP contribution >= 0.6 is 0 Å². The molecule has 0 atom stereocenters. The van der Waals surface area contributed by atoms with E-state index in [1.165, 1.54) is 12.8 Å². The van der Waals surface area contributed by atoms with Crippen LogP contribution in [-0.2, 0) is 9.53 Å². The molecule has 1 fully saturated rings. The quantitative estimate of drug-likeness (QED) is 0.518. The summed E-state index contributed by atoms with van der Waals surface area (Å²) in [6.07, 6.45) is 3.04. The van der Waals surface area contributed by atoms with Gasteiger partial charge >= 0.3 is 12.0 Å². The Hall–Kier alpha value is -1.30. The first-order valence-electron chi connectivity index (χ1n) is 5.99. The van der Waals surface area contributed by atoms with Gasteiger partial charge < -0.3 is 20.5 Å². The van der Waals surface area contributed by atoms with Gasteiger partial charge in [0.1, 0.15) is 0 Å². The molecule has 0 radical (unpaired) electrons. The molecule has 1 saturated carbocycles. The minimum absolute atomic E-state index is 0.0742. The van der Waals surface area contributed by atoms with Crippen LogP contribution in [0.5, 0.6) is 0 Å². The summed E-state index contributed by atoms with van der Waals surface area (Å²) in [5.74, 6) is -0.111. The van der Waals surface area contributed by atoms with E-state index in [1.54, 1.807) is 0 Å². The van der Waals surface area contributed by atoms with Gasteiger partial charge in [0.25, 0.3) is 0 Å². The van der Waals surface area contributed by atoms with E-state index in [4.69, 9.17) is 9.84 Å². The molecular formula is C11H20N2O4. The fourth-order valence-electron chi connectivity index (χ4n) is 1.28. The van der Waals surface area contributed by atoms with Crippen molar-refractivity contribution in [3.8, 4) is 0 Å². The largest absolute Gasteiger partial charge is 0.481 e. The van der Waals surface area contributed by atoms with Crippen molar-refractivity contribution in [2.45, 2.75) is 25.7 Å². The molecule has 17 heavy (non-hydrogen) atoms. The van der Waals surface area contributed by atoms with Crippen LogP contribution in [0.15, 0.2) is 0 Å². The number of carbonyl (C=O) groups excluding carboxylic acids is 1. The molecule has 0 unspecified atom stereocenters. The number of urea groups is 1. The molecule has 0 saturated heterocycles. The molecule has 0 aromatic heterocycles. The Morgan fingerprint density at radius 2 is 1.94 bits per heavy atom. The Bertz CT molecular complexity index is 254. The third-order valence-corrected chi connectivity index (χ3v) is 2.44. The van der Waals surface area contributed by atoms with E-state index in [0.717, 1.165) is 12.5 Å². The third-order valence-electron chi connectivity index (χ3n) is 2.44. The molecule has 3 N–H and O–H groups in total. The number of hydrogen-bond donors (Lipinski definition) is 3. The van der Waals surface area contributed by atoms with E-state index < -0.39 is 5.97 Å². The molecular weight excluding hydrogens is 224 g/mol. The summed E-state index contributed by atoms with van der Waals surface area (Å²) in [5.41, 5.74) is 0. The summed E-state index contributed by atoms with van der Waals surface area (Å²) in [4.78, 5) is 21.4. The average Bonchev–Trinajstić information content (AvgIpc) is 3.07. The van der Waals surface area contributed by atoms with Gasteiger partial charge in [0.2, 0.25) is 0 Å². The van der Waals surface area contributed by atoms with Gasteiger partial charge in [-0.2, -0.15) is 0 Å². The van der Waals surface area contributed by atoms with Crippen molar-refractivity contribution in [3.05, 3.63) is 0 Å². The number of carbonyl (C=O) groups is 2. The lowest BCUT2D eigenvalue weighted by Gasteiger charge is -2.07. The molecule has 6 heteroatoms. The van der Waals surface area contributed by atoms with Gasteiger partial charge in [-0.25, -0.2) is 4.79 Å². The number of aliphatic carboxylic acids is 1. The molecule has 0 aromatic carbocycles. The van der Waals surface area contributed by atoms with Gasteiger partial charge in [-0.05, 0) is 25.2 Å². The van der Waals surface area contributed by atoms with Crippen molar-refractivity contribution in [3.63, 3.8) is 0 Å². The zero-order chi connectivity index (χ0) is 12.5. The SMILES string of the molecule is O=C(O)CCCNC(=O)NCCOCC1CC1. The van der Waals surface area contributed by atoms with Crippen molar-refractivity contribution in [1.29, 1.82) is 0 Å². The molecule has 1 aliphatic carbocycles. The topological polar surface area (TPSA) is 87.7 Å². The summed E-state index contributed by atoms with van der Waals surface area (Å²) >= 11 is 0. The van der Waals surface area contributed by atoms with E-state index in [1.807, 2.05) is 0 Å². The van der Waals surface area contributed by atoms with Crippen molar-refractivity contribution in [2.75, 3.05) is 26.3 Å². The van der Waals surface area contributed by atoms with Crippen molar-refractivity contribution in [1.82, 2.24) is 10.6 Å². The summed E-state index contributed by atoms with van der Waals surface area (Å²) in [5, 5.41) is 13.6. The fraction of sp³-hybridized carbons (Fsp3) is 0.818. The second kappa shape index (κ2) is 7.89. The highest BCUT2D eigenvalue weighted by atomic mass is 16.5. The molecule has 1 aliphatic rings. The average molecular weight is 244 g/mol. The monoisotopic (exact) mass is 244 g/mol. The number of amides is 2. The molecule has 0 spiro atoms. The lowest BCUT2D eigenvalue weighted by atomic mass is 10.3. The minimum Gasteiger partial charge on any atom is -0.481 e. The maximum atomic E-state index is 11.2. The lowest BCUT2D eigenvalue weighted by molar-refractivity contribution is -0.137. The number of hydrogen-bond acceptors (Lipinski definition) is 3. The lowest BCUT2D eigenvalue weighted by Crippen LogP contribution is -2.37. The molecule has 2 amide bonds. The van der Waals surface area contributed by atoms with Crippen molar-refractivity contribution >= 4 is 12.0 Å². The van der Waals surface area contributed by atoms with Crippen LogP contribution in [0, 0.1) is 5.92 Å². The predicted molar refractivity (Wildman–Crippen MR) is 61.8 cm³/mol. The zero-order valence-corrected chi connectivity index (χ0v) is 9.91. The van der Waals surface area contributed by atoms with Crippen molar-refractivity contribution < 1.29 is 19.4 Å². The Balaban J connectivity index is 1.81. The van der Waals surface area contributed by atoms with E-state index in [2.05, 4.69) is 10.6 Å². The predicted octanol–water partition coefficient (Wildman–Crippen LogP) is 0.577. The Morgan fingerprint density at radius 1 is 1.24 bits per heavy atom. The van der Waals surface area contributed by atoms with Gasteiger partial charge in [-0.1, -0.05) is 0 Å². The highest BCUT2D eigenvalue weighted by molar-refractivity contribution is 5.73. The smallest absolute Gasteiger partial charge is 0.314 e. The summed E-state index contributed by atoms with van der Waals surface area (Å²) in [6, 6.07) is -0.273. The van der Waals surface area contributed by atoms with Crippen LogP contribution in [0.25, 0.3) is 0 Å². The highest BCUT2D eigenvalue weighted by Crippen LogP contribution is 2.28. The van der Waals surface area contributed by atoms with E-state index in [0.29, 0.717) is 26.1 Å². The molecule has 98 valence electrons. The maximum Gasteiger partial charge on any atom is 0.314 e. The first-order chi connectivity index (χ1) is 8.18. The second-order valence-corrected chi connectivity index (χ2v) is 4.20. The molecule has 0 heterocycles. The van der Waals surface area contributed by atoms with E-state index in [-0.39, 0.29) is 12.5 Å². The molecule has 0 bridgehead atoms. The number of carboxylic acids is 1. The summed E-state index contributed by atoms with van der Waals surface area (Å²) < 4.78 is 5.34. The van der Waals surface area contributed by atoms with Gasteiger partial charge in [0, 0.05) is 26.1 Å². The standard InChI is InChI=1S/C11H20N2O4/c14-10(15)2-1-5-12-11(16)13-6-7-17-8-9-3-4-9/h9H,1-8H2,(H,14,15)(H2,12,13,16). The Morgan fingerprint density at radius 3 is 2.59 bits per heavy atom. The van der Waals surface area contributed by atoms with E-state index >= 15 is 0 Å². The van der Waals surface area contributed by atoms with Gasteiger partial charge in [-0.15, -0.1) is 0 Å². The normalized spacial score (nSPS) is 14.4. The highest BCUT2D eigenvalue weighted by Gasteiger charge is 2.20. The first kappa shape index (κ1) is 13.8. The van der Waals surface area contributed by atoms with Crippen molar-refractivity contribution in [2.24, 2.45) is 5.92 Å². The third kappa shape index (κ3) is 8.50. The van der Waals surface area contributed by atoms with Crippen LogP contribution in [0.3, 0.4) is 0 Å². The van der Waals surface area contributed by atoms with Crippen LogP contribution < -0.4 is 10.6 Å². The van der Waals surface area contributed by atoms with Gasteiger partial charge in [-0.3, -0.25) is 4.79 Å². The fourth-order valence-corrected chi connectivity index (χ4v) is 1.28. The van der Waals surface area contributed by atoms with Crippen LogP contribution in [-0.4, -0.2) is 43.4 Å². The van der Waals surface area contributed by atoms with Gasteiger partial charge in [0.05, 0.1) is 6.61 Å². The number of nitrogens with one attached hydrogen (secondary N) is 2. The number of ether oxygens (including phenoxy) is 1. The first-order valence-corrected chi connectivity index (χ1v) is 5.99. The molecule has 6 nitrogen and oxygen atoms in total. The molecule has 0 aromatic rings. The van der Waals surface area contributed by atoms with Crippen LogP contribution in [0.4, 0.5) is 4.79 Å². The molecule has 0 aliphatic heterocycles. The summed E-state index contributed by atoms with van der Waals surface area (Å²) in [7, 11) is 0. The molecule has 1 rings (SSSR count).